The number of nitrogens with zero attached hydrogens (tertiary/aromatic N) is 1. The molecule has 0 amide bonds. The van der Waals surface area contributed by atoms with Crippen LogP contribution in [0.1, 0.15) is 36.0 Å². The summed E-state index contributed by atoms with van der Waals surface area (Å²) in [7, 11) is 3.84. The minimum Gasteiger partial charge on any atom is -0.385 e. The van der Waals surface area contributed by atoms with Crippen LogP contribution in [-0.4, -0.2) is 30.6 Å². The van der Waals surface area contributed by atoms with Crippen LogP contribution in [0.2, 0.25) is 5.02 Å². The number of hydrogen-bond donors (Lipinski definition) is 1. The van der Waals surface area contributed by atoms with Gasteiger partial charge in [-0.2, -0.15) is 13.2 Å². The van der Waals surface area contributed by atoms with Crippen molar-refractivity contribution in [3.05, 3.63) is 70.2 Å². The van der Waals surface area contributed by atoms with E-state index in [1.54, 1.807) is 6.07 Å². The van der Waals surface area contributed by atoms with Gasteiger partial charge in [0, 0.05) is 12.5 Å². The van der Waals surface area contributed by atoms with Crippen LogP contribution in [0, 0.1) is 11.8 Å². The van der Waals surface area contributed by atoms with Gasteiger partial charge in [-0.25, -0.2) is 0 Å². The molecule has 1 aliphatic rings. The van der Waals surface area contributed by atoms with Gasteiger partial charge in [0.05, 0.1) is 16.2 Å². The Labute approximate surface area is 175 Å². The van der Waals surface area contributed by atoms with Crippen molar-refractivity contribution in [2.75, 3.05) is 20.6 Å². The van der Waals surface area contributed by atoms with Gasteiger partial charge in [0.15, 0.2) is 0 Å². The molecule has 1 saturated carbocycles. The Morgan fingerprint density at radius 2 is 1.72 bits per heavy atom. The predicted molar refractivity (Wildman–Crippen MR) is 110 cm³/mol. The number of aliphatic hydroxyl groups is 1. The largest absolute Gasteiger partial charge is 0.417 e. The molecule has 3 unspecified atom stereocenters. The number of rotatable bonds is 5. The second kappa shape index (κ2) is 8.66. The molecule has 0 saturated heterocycles. The van der Waals surface area contributed by atoms with Crippen molar-refractivity contribution in [1.29, 1.82) is 0 Å². The smallest absolute Gasteiger partial charge is 0.385 e. The molecule has 1 N–H and O–H groups in total. The lowest BCUT2D eigenvalue weighted by Gasteiger charge is -2.47. The van der Waals surface area contributed by atoms with Crippen molar-refractivity contribution >= 4 is 11.6 Å². The van der Waals surface area contributed by atoms with Gasteiger partial charge < -0.3 is 10.0 Å². The minimum atomic E-state index is -4.57. The number of hydrogen-bond acceptors (Lipinski definition) is 2. The molecule has 1 fully saturated rings. The molecule has 158 valence electrons. The second-order valence-corrected chi connectivity index (χ2v) is 8.70. The first-order valence-electron chi connectivity index (χ1n) is 9.90. The lowest BCUT2D eigenvalue weighted by molar-refractivity contribution is -0.138. The zero-order valence-corrected chi connectivity index (χ0v) is 17.5. The summed E-state index contributed by atoms with van der Waals surface area (Å²) in [6.07, 6.45) is -1.48. The van der Waals surface area contributed by atoms with Crippen molar-refractivity contribution in [3.8, 4) is 0 Å². The quantitative estimate of drug-likeness (QED) is 0.657. The van der Waals surface area contributed by atoms with Gasteiger partial charge >= 0.3 is 6.18 Å². The monoisotopic (exact) mass is 425 g/mol. The maximum Gasteiger partial charge on any atom is 0.417 e. The van der Waals surface area contributed by atoms with Crippen molar-refractivity contribution < 1.29 is 18.3 Å². The van der Waals surface area contributed by atoms with E-state index in [-0.39, 0.29) is 16.9 Å². The standard InChI is InChI=1S/C23H27ClF3NO/c1-28(2)15-19-10-6-9-17(13-16-7-4-3-5-8-16)22(19,29)18-11-12-21(24)20(14-18)23(25,26)27/h3-5,7-8,11-12,14,17,19,29H,6,9-10,13,15H2,1-2H3. The molecule has 1 aliphatic carbocycles. The number of benzene rings is 2. The fourth-order valence-electron chi connectivity index (χ4n) is 4.67. The van der Waals surface area contributed by atoms with Gasteiger partial charge in [0.2, 0.25) is 0 Å². The van der Waals surface area contributed by atoms with Gasteiger partial charge in [0.1, 0.15) is 0 Å². The first-order chi connectivity index (χ1) is 13.6. The van der Waals surface area contributed by atoms with E-state index < -0.39 is 17.3 Å². The Hall–Kier alpha value is -1.56. The number of alkyl halides is 3. The van der Waals surface area contributed by atoms with E-state index in [0.29, 0.717) is 18.5 Å². The van der Waals surface area contributed by atoms with Crippen molar-refractivity contribution in [1.82, 2.24) is 4.90 Å². The molecule has 0 bridgehead atoms. The second-order valence-electron chi connectivity index (χ2n) is 8.29. The summed E-state index contributed by atoms with van der Waals surface area (Å²) < 4.78 is 40.5. The molecule has 2 aromatic carbocycles. The maximum absolute atomic E-state index is 13.5. The van der Waals surface area contributed by atoms with Gasteiger partial charge in [0.25, 0.3) is 0 Å². The van der Waals surface area contributed by atoms with E-state index in [4.69, 9.17) is 11.6 Å². The lowest BCUT2D eigenvalue weighted by Crippen LogP contribution is -2.49. The molecule has 3 rings (SSSR count). The SMILES string of the molecule is CN(C)CC1CCCC(Cc2ccccc2)C1(O)c1ccc(Cl)c(C(F)(F)F)c1. The van der Waals surface area contributed by atoms with Crippen LogP contribution in [0.5, 0.6) is 0 Å². The zero-order valence-electron chi connectivity index (χ0n) is 16.7. The minimum absolute atomic E-state index is 0.165. The fourth-order valence-corrected chi connectivity index (χ4v) is 4.90. The van der Waals surface area contributed by atoms with Crippen LogP contribution in [0.4, 0.5) is 13.2 Å². The molecular formula is C23H27ClF3NO. The Balaban J connectivity index is 2.08. The van der Waals surface area contributed by atoms with Gasteiger partial charge in [-0.3, -0.25) is 0 Å². The van der Waals surface area contributed by atoms with Crippen LogP contribution in [0.25, 0.3) is 0 Å². The molecule has 0 aliphatic heterocycles. The van der Waals surface area contributed by atoms with E-state index in [0.717, 1.165) is 30.9 Å². The molecule has 6 heteroatoms. The molecule has 0 spiro atoms. The topological polar surface area (TPSA) is 23.5 Å². The third-order valence-corrected chi connectivity index (χ3v) is 6.32. The van der Waals surface area contributed by atoms with Gasteiger partial charge in [-0.1, -0.05) is 54.4 Å². The summed E-state index contributed by atoms with van der Waals surface area (Å²) in [5, 5.41) is 11.7. The summed E-state index contributed by atoms with van der Waals surface area (Å²) in [6.45, 7) is 0.603. The van der Waals surface area contributed by atoms with Crippen molar-refractivity contribution in [3.63, 3.8) is 0 Å². The number of halogens is 4. The predicted octanol–water partition coefficient (Wildman–Crippen LogP) is 5.77. The van der Waals surface area contributed by atoms with Crippen LogP contribution >= 0.6 is 11.6 Å². The molecule has 3 atom stereocenters. The van der Waals surface area contributed by atoms with Crippen LogP contribution in [-0.2, 0) is 18.2 Å². The summed E-state index contributed by atoms with van der Waals surface area (Å²) in [4.78, 5) is 1.99. The Morgan fingerprint density at radius 1 is 1.07 bits per heavy atom. The van der Waals surface area contributed by atoms with E-state index in [2.05, 4.69) is 0 Å². The maximum atomic E-state index is 13.5. The molecule has 0 heterocycles. The average molecular weight is 426 g/mol. The average Bonchev–Trinajstić information content (AvgIpc) is 2.65. The lowest BCUT2D eigenvalue weighted by atomic mass is 9.63. The summed E-state index contributed by atoms with van der Waals surface area (Å²) in [5.41, 5.74) is -0.867. The normalized spacial score (nSPS) is 25.4. The first kappa shape index (κ1) is 22.1. The Kier molecular flexibility index (Phi) is 6.61. The third kappa shape index (κ3) is 4.79. The van der Waals surface area contributed by atoms with Crippen LogP contribution in [0.3, 0.4) is 0 Å². The van der Waals surface area contributed by atoms with E-state index in [9.17, 15) is 18.3 Å². The fraction of sp³-hybridized carbons (Fsp3) is 0.478. The van der Waals surface area contributed by atoms with Gasteiger partial charge in [-0.05, 0) is 62.5 Å². The summed E-state index contributed by atoms with van der Waals surface area (Å²) >= 11 is 5.84. The zero-order chi connectivity index (χ0) is 21.2. The van der Waals surface area contributed by atoms with Crippen molar-refractivity contribution in [2.45, 2.75) is 37.5 Å². The first-order valence-corrected chi connectivity index (χ1v) is 10.3. The van der Waals surface area contributed by atoms with Crippen LogP contribution < -0.4 is 0 Å². The highest BCUT2D eigenvalue weighted by Gasteiger charge is 2.48. The molecule has 0 radical (unpaired) electrons. The van der Waals surface area contributed by atoms with Gasteiger partial charge in [-0.15, -0.1) is 0 Å². The van der Waals surface area contributed by atoms with E-state index in [1.807, 2.05) is 49.3 Å². The summed E-state index contributed by atoms with van der Waals surface area (Å²) in [6, 6.07) is 13.7. The molecule has 29 heavy (non-hydrogen) atoms. The molecule has 2 nitrogen and oxygen atoms in total. The van der Waals surface area contributed by atoms with Crippen molar-refractivity contribution in [2.24, 2.45) is 11.8 Å². The summed E-state index contributed by atoms with van der Waals surface area (Å²) in [5.74, 6) is -0.340. The Morgan fingerprint density at radius 3 is 2.34 bits per heavy atom. The van der Waals surface area contributed by atoms with Crippen LogP contribution in [0.15, 0.2) is 48.5 Å². The third-order valence-electron chi connectivity index (χ3n) is 5.99. The molecule has 2 aromatic rings. The van der Waals surface area contributed by atoms with E-state index >= 15 is 0 Å². The highest BCUT2D eigenvalue weighted by molar-refractivity contribution is 6.31. The van der Waals surface area contributed by atoms with E-state index in [1.165, 1.54) is 6.07 Å². The molecular weight excluding hydrogens is 399 g/mol. The Bertz CT molecular complexity index is 825. The highest BCUT2D eigenvalue weighted by Crippen LogP contribution is 2.49. The molecule has 0 aromatic heterocycles. The highest BCUT2D eigenvalue weighted by atomic mass is 35.5.